The van der Waals surface area contributed by atoms with Crippen molar-refractivity contribution in [2.75, 3.05) is 6.54 Å². The molecule has 1 aromatic heterocycles. The van der Waals surface area contributed by atoms with E-state index < -0.39 is 10.0 Å². The minimum Gasteiger partial charge on any atom is -0.326 e. The van der Waals surface area contributed by atoms with Gasteiger partial charge in [0.1, 0.15) is 0 Å². The normalized spacial score (nSPS) is 27.4. The van der Waals surface area contributed by atoms with E-state index in [1.54, 1.807) is 22.6 Å². The standard InChI is InChI=1S/C14H21N3O2S/c15-9-11-6-7-14(16-10-11)20(18,19)17-8-2-4-12-3-1-5-13(12)17/h6-7,10,12-13H,1-5,8-9,15H2. The third kappa shape index (κ3) is 2.36. The second-order valence-corrected chi connectivity index (χ2v) is 7.56. The number of hydrogen-bond donors (Lipinski definition) is 1. The van der Waals surface area contributed by atoms with Gasteiger partial charge in [0.2, 0.25) is 0 Å². The van der Waals surface area contributed by atoms with Crippen LogP contribution in [0, 0.1) is 5.92 Å². The third-order valence-corrected chi connectivity index (χ3v) is 6.39. The number of sulfonamides is 1. The molecule has 1 aliphatic carbocycles. The molecule has 110 valence electrons. The largest absolute Gasteiger partial charge is 0.326 e. The summed E-state index contributed by atoms with van der Waals surface area (Å²) in [5, 5.41) is 0.155. The van der Waals surface area contributed by atoms with Crippen molar-refractivity contribution in [1.82, 2.24) is 9.29 Å². The lowest BCUT2D eigenvalue weighted by Crippen LogP contribution is -2.46. The van der Waals surface area contributed by atoms with Crippen molar-refractivity contribution in [2.45, 2.75) is 49.7 Å². The van der Waals surface area contributed by atoms with Gasteiger partial charge >= 0.3 is 0 Å². The Morgan fingerprint density at radius 2 is 2.05 bits per heavy atom. The van der Waals surface area contributed by atoms with Gasteiger partial charge in [0.05, 0.1) is 0 Å². The zero-order chi connectivity index (χ0) is 14.2. The van der Waals surface area contributed by atoms with Crippen LogP contribution < -0.4 is 5.73 Å². The van der Waals surface area contributed by atoms with Gasteiger partial charge in [0, 0.05) is 25.3 Å². The second-order valence-electron chi connectivity index (χ2n) is 5.73. The van der Waals surface area contributed by atoms with E-state index in [0.717, 1.165) is 37.7 Å². The topological polar surface area (TPSA) is 76.3 Å². The lowest BCUT2D eigenvalue weighted by Gasteiger charge is -2.36. The van der Waals surface area contributed by atoms with Crippen molar-refractivity contribution >= 4 is 10.0 Å². The monoisotopic (exact) mass is 295 g/mol. The molecule has 2 unspecified atom stereocenters. The summed E-state index contributed by atoms with van der Waals surface area (Å²) in [6.07, 6.45) is 6.97. The van der Waals surface area contributed by atoms with Crippen LogP contribution in [0.5, 0.6) is 0 Å². The second kappa shape index (κ2) is 5.42. The van der Waals surface area contributed by atoms with Crippen LogP contribution >= 0.6 is 0 Å². The zero-order valence-electron chi connectivity index (χ0n) is 11.5. The van der Waals surface area contributed by atoms with Crippen molar-refractivity contribution in [3.05, 3.63) is 23.9 Å². The van der Waals surface area contributed by atoms with Crippen molar-refractivity contribution in [3.63, 3.8) is 0 Å². The van der Waals surface area contributed by atoms with Crippen LogP contribution in [-0.4, -0.2) is 30.3 Å². The Bertz CT molecular complexity index is 571. The van der Waals surface area contributed by atoms with Crippen molar-refractivity contribution in [1.29, 1.82) is 0 Å². The zero-order valence-corrected chi connectivity index (χ0v) is 12.3. The molecule has 20 heavy (non-hydrogen) atoms. The van der Waals surface area contributed by atoms with Gasteiger partial charge in [-0.1, -0.05) is 12.5 Å². The number of rotatable bonds is 3. The maximum Gasteiger partial charge on any atom is 0.260 e. The minimum absolute atomic E-state index is 0.155. The Balaban J connectivity index is 1.89. The first-order valence-electron chi connectivity index (χ1n) is 7.30. The molecule has 0 amide bonds. The lowest BCUT2D eigenvalue weighted by atomic mass is 9.94. The number of piperidine rings is 1. The molecule has 2 N–H and O–H groups in total. The van der Waals surface area contributed by atoms with E-state index >= 15 is 0 Å². The predicted octanol–water partition coefficient (Wildman–Crippen LogP) is 1.49. The molecule has 5 nitrogen and oxygen atoms in total. The van der Waals surface area contributed by atoms with Gasteiger partial charge < -0.3 is 5.73 Å². The Hall–Kier alpha value is -0.980. The van der Waals surface area contributed by atoms with E-state index in [1.807, 2.05) is 0 Å². The van der Waals surface area contributed by atoms with Crippen LogP contribution in [0.4, 0.5) is 0 Å². The molecular weight excluding hydrogens is 274 g/mol. The third-order valence-electron chi connectivity index (χ3n) is 4.55. The first-order chi connectivity index (χ1) is 9.63. The molecule has 0 aromatic carbocycles. The van der Waals surface area contributed by atoms with Crippen LogP contribution in [0.3, 0.4) is 0 Å². The van der Waals surface area contributed by atoms with Crippen LogP contribution in [0.1, 0.15) is 37.7 Å². The first-order valence-corrected chi connectivity index (χ1v) is 8.74. The summed E-state index contributed by atoms with van der Waals surface area (Å²) < 4.78 is 27.2. The van der Waals surface area contributed by atoms with E-state index in [4.69, 9.17) is 5.73 Å². The summed E-state index contributed by atoms with van der Waals surface area (Å²) >= 11 is 0. The molecule has 1 aromatic rings. The smallest absolute Gasteiger partial charge is 0.260 e. The molecule has 6 heteroatoms. The summed E-state index contributed by atoms with van der Waals surface area (Å²) in [5.74, 6) is 0.543. The van der Waals surface area contributed by atoms with Gasteiger partial charge in [-0.3, -0.25) is 0 Å². The number of pyridine rings is 1. The van der Waals surface area contributed by atoms with Crippen LogP contribution in [-0.2, 0) is 16.6 Å². The van der Waals surface area contributed by atoms with Crippen molar-refractivity contribution in [2.24, 2.45) is 11.7 Å². The average molecular weight is 295 g/mol. The Morgan fingerprint density at radius 3 is 2.75 bits per heavy atom. The maximum atomic E-state index is 12.8. The van der Waals surface area contributed by atoms with Gasteiger partial charge in [-0.15, -0.1) is 0 Å². The molecule has 0 bridgehead atoms. The van der Waals surface area contributed by atoms with Gasteiger partial charge in [0.25, 0.3) is 10.0 Å². The maximum absolute atomic E-state index is 12.8. The summed E-state index contributed by atoms with van der Waals surface area (Å²) in [6, 6.07) is 3.51. The fourth-order valence-electron chi connectivity index (χ4n) is 3.51. The van der Waals surface area contributed by atoms with E-state index in [-0.39, 0.29) is 11.1 Å². The minimum atomic E-state index is -3.46. The summed E-state index contributed by atoms with van der Waals surface area (Å²) in [6.45, 7) is 1.01. The van der Waals surface area contributed by atoms with Gasteiger partial charge in [-0.05, 0) is 43.2 Å². The molecule has 2 atom stereocenters. The average Bonchev–Trinajstić information content (AvgIpc) is 2.95. The van der Waals surface area contributed by atoms with Crippen LogP contribution in [0.25, 0.3) is 0 Å². The van der Waals surface area contributed by atoms with Crippen molar-refractivity contribution in [3.8, 4) is 0 Å². The van der Waals surface area contributed by atoms with Gasteiger partial charge in [-0.25, -0.2) is 13.4 Å². The highest BCUT2D eigenvalue weighted by atomic mass is 32.2. The SMILES string of the molecule is NCc1ccc(S(=O)(=O)N2CCCC3CCCC32)nc1. The van der Waals surface area contributed by atoms with E-state index in [1.165, 1.54) is 0 Å². The first kappa shape index (κ1) is 14.0. The molecule has 2 heterocycles. The number of aromatic nitrogens is 1. The van der Waals surface area contributed by atoms with E-state index in [9.17, 15) is 8.42 Å². The molecule has 3 rings (SSSR count). The fourth-order valence-corrected chi connectivity index (χ4v) is 5.18. The number of nitrogens with two attached hydrogens (primary N) is 1. The Morgan fingerprint density at radius 1 is 1.25 bits per heavy atom. The molecule has 1 saturated carbocycles. The summed E-state index contributed by atoms with van der Waals surface area (Å²) in [4.78, 5) is 4.10. The molecule has 2 fully saturated rings. The predicted molar refractivity (Wildman–Crippen MR) is 76.4 cm³/mol. The molecular formula is C14H21N3O2S. The van der Waals surface area contributed by atoms with Crippen LogP contribution in [0.15, 0.2) is 23.4 Å². The fraction of sp³-hybridized carbons (Fsp3) is 0.643. The van der Waals surface area contributed by atoms with Gasteiger partial charge in [-0.2, -0.15) is 4.31 Å². The molecule has 1 aliphatic heterocycles. The quantitative estimate of drug-likeness (QED) is 0.916. The summed E-state index contributed by atoms with van der Waals surface area (Å²) in [7, 11) is -3.46. The molecule has 0 spiro atoms. The lowest BCUT2D eigenvalue weighted by molar-refractivity contribution is 0.201. The Kier molecular flexibility index (Phi) is 3.79. The molecule has 0 radical (unpaired) electrons. The number of hydrogen-bond acceptors (Lipinski definition) is 4. The number of fused-ring (bicyclic) bond motifs is 1. The van der Waals surface area contributed by atoms with E-state index in [2.05, 4.69) is 4.98 Å². The van der Waals surface area contributed by atoms with Crippen molar-refractivity contribution < 1.29 is 8.42 Å². The molecule has 2 aliphatic rings. The van der Waals surface area contributed by atoms with E-state index in [0.29, 0.717) is 19.0 Å². The molecule has 1 saturated heterocycles. The highest BCUT2D eigenvalue weighted by Crippen LogP contribution is 2.39. The number of nitrogens with zero attached hydrogens (tertiary/aromatic N) is 2. The highest BCUT2D eigenvalue weighted by molar-refractivity contribution is 7.89. The van der Waals surface area contributed by atoms with Gasteiger partial charge in [0.15, 0.2) is 5.03 Å². The Labute approximate surface area is 120 Å². The highest BCUT2D eigenvalue weighted by Gasteiger charge is 2.41. The van der Waals surface area contributed by atoms with Crippen LogP contribution in [0.2, 0.25) is 0 Å². The summed E-state index contributed by atoms with van der Waals surface area (Å²) in [5.41, 5.74) is 6.37.